The number of carbonyl (C=O) groups is 2. The Morgan fingerprint density at radius 2 is 2.04 bits per heavy atom. The number of thiazole rings is 1. The molecule has 0 atom stereocenters. The number of nitrogens with zero attached hydrogens (tertiary/aromatic N) is 4. The molecule has 9 heteroatoms. The second-order valence-electron chi connectivity index (χ2n) is 5.78. The fourth-order valence-electron chi connectivity index (χ4n) is 2.63. The van der Waals surface area contributed by atoms with Crippen molar-refractivity contribution < 1.29 is 14.3 Å². The molecule has 1 amide bonds. The van der Waals surface area contributed by atoms with Crippen molar-refractivity contribution in [2.24, 2.45) is 7.05 Å². The Morgan fingerprint density at radius 1 is 1.27 bits per heavy atom. The third kappa shape index (κ3) is 3.57. The number of nitrogens with one attached hydrogen (secondary N) is 1. The van der Waals surface area contributed by atoms with Crippen molar-refractivity contribution in [2.75, 3.05) is 11.9 Å². The number of esters is 1. The van der Waals surface area contributed by atoms with E-state index in [1.165, 1.54) is 11.3 Å². The number of aromatic nitrogens is 4. The summed E-state index contributed by atoms with van der Waals surface area (Å²) >= 11 is 1.26. The molecule has 0 spiro atoms. The van der Waals surface area contributed by atoms with Gasteiger partial charge in [0.15, 0.2) is 10.8 Å². The van der Waals surface area contributed by atoms with E-state index in [2.05, 4.69) is 20.4 Å². The van der Waals surface area contributed by atoms with Gasteiger partial charge in [-0.3, -0.25) is 19.6 Å². The molecular formula is C17H19N5O3S. The highest BCUT2D eigenvalue weighted by molar-refractivity contribution is 7.14. The molecule has 0 aliphatic rings. The Balaban J connectivity index is 1.79. The number of hydrogen-bond acceptors (Lipinski definition) is 7. The van der Waals surface area contributed by atoms with E-state index in [9.17, 15) is 9.59 Å². The van der Waals surface area contributed by atoms with Crippen molar-refractivity contribution in [3.05, 3.63) is 34.1 Å². The number of carbonyl (C=O) groups excluding carboxylic acids is 2. The zero-order valence-corrected chi connectivity index (χ0v) is 15.8. The van der Waals surface area contributed by atoms with E-state index in [4.69, 9.17) is 4.74 Å². The number of ether oxygens (including phenoxy) is 1. The van der Waals surface area contributed by atoms with E-state index in [-0.39, 0.29) is 18.3 Å². The highest BCUT2D eigenvalue weighted by Gasteiger charge is 2.17. The maximum Gasteiger partial charge on any atom is 0.311 e. The maximum absolute atomic E-state index is 12.6. The lowest BCUT2D eigenvalue weighted by Gasteiger charge is -2.06. The minimum absolute atomic E-state index is 0.0850. The first-order valence-electron chi connectivity index (χ1n) is 8.11. The average molecular weight is 373 g/mol. The molecular weight excluding hydrogens is 354 g/mol. The molecule has 0 saturated heterocycles. The summed E-state index contributed by atoms with van der Waals surface area (Å²) < 4.78 is 6.59. The molecule has 0 unspecified atom stereocenters. The van der Waals surface area contributed by atoms with Crippen LogP contribution < -0.4 is 5.32 Å². The number of aryl methyl sites for hydroxylation is 3. The molecule has 3 aromatic heterocycles. The fourth-order valence-corrected chi connectivity index (χ4v) is 3.34. The smallest absolute Gasteiger partial charge is 0.311 e. The first-order chi connectivity index (χ1) is 12.4. The van der Waals surface area contributed by atoms with E-state index >= 15 is 0 Å². The Morgan fingerprint density at radius 3 is 2.77 bits per heavy atom. The van der Waals surface area contributed by atoms with E-state index in [0.717, 1.165) is 16.7 Å². The molecule has 1 N–H and O–H groups in total. The van der Waals surface area contributed by atoms with Crippen LogP contribution in [-0.4, -0.2) is 38.2 Å². The van der Waals surface area contributed by atoms with Crippen LogP contribution >= 0.6 is 11.3 Å². The average Bonchev–Trinajstić information content (AvgIpc) is 3.11. The summed E-state index contributed by atoms with van der Waals surface area (Å²) in [5.41, 5.74) is 3.20. The lowest BCUT2D eigenvalue weighted by molar-refractivity contribution is -0.142. The molecule has 0 fully saturated rings. The zero-order valence-electron chi connectivity index (χ0n) is 15.0. The summed E-state index contributed by atoms with van der Waals surface area (Å²) in [5.74, 6) is -0.634. The molecule has 3 aromatic rings. The highest BCUT2D eigenvalue weighted by Crippen LogP contribution is 2.22. The van der Waals surface area contributed by atoms with Gasteiger partial charge in [0.05, 0.1) is 35.7 Å². The lowest BCUT2D eigenvalue weighted by atomic mass is 10.1. The van der Waals surface area contributed by atoms with Gasteiger partial charge < -0.3 is 4.74 Å². The van der Waals surface area contributed by atoms with E-state index in [0.29, 0.717) is 28.7 Å². The van der Waals surface area contributed by atoms with Crippen LogP contribution in [0.3, 0.4) is 0 Å². The van der Waals surface area contributed by atoms with Gasteiger partial charge in [0.25, 0.3) is 5.91 Å². The van der Waals surface area contributed by atoms with Gasteiger partial charge in [-0.15, -0.1) is 11.3 Å². The summed E-state index contributed by atoms with van der Waals surface area (Å²) in [7, 11) is 1.82. The number of rotatable bonds is 5. The van der Waals surface area contributed by atoms with Gasteiger partial charge in [0.2, 0.25) is 0 Å². The van der Waals surface area contributed by atoms with Crippen LogP contribution in [0.1, 0.15) is 34.4 Å². The monoisotopic (exact) mass is 373 g/mol. The normalized spacial score (nSPS) is 10.9. The molecule has 0 aliphatic heterocycles. The van der Waals surface area contributed by atoms with Crippen LogP contribution in [0.4, 0.5) is 5.13 Å². The molecule has 0 aliphatic carbocycles. The van der Waals surface area contributed by atoms with Gasteiger partial charge in [-0.05, 0) is 26.8 Å². The number of fused-ring (bicyclic) bond motifs is 1. The Kier molecular flexibility index (Phi) is 4.99. The second kappa shape index (κ2) is 7.20. The van der Waals surface area contributed by atoms with Crippen molar-refractivity contribution in [2.45, 2.75) is 27.2 Å². The van der Waals surface area contributed by atoms with Gasteiger partial charge in [-0.25, -0.2) is 9.97 Å². The third-order valence-electron chi connectivity index (χ3n) is 3.84. The SMILES string of the molecule is CCOC(=O)Cc1csc(NC(=O)c2cc3c(C)nn(C)c3nc2C)n1. The van der Waals surface area contributed by atoms with Crippen LogP contribution in [0, 0.1) is 13.8 Å². The summed E-state index contributed by atoms with van der Waals surface area (Å²) in [5, 5.41) is 10.1. The molecule has 8 nitrogen and oxygen atoms in total. The van der Waals surface area contributed by atoms with E-state index in [1.807, 2.05) is 14.0 Å². The molecule has 136 valence electrons. The van der Waals surface area contributed by atoms with Crippen LogP contribution in [0.15, 0.2) is 11.4 Å². The first kappa shape index (κ1) is 18.0. The first-order valence-corrected chi connectivity index (χ1v) is 8.99. The molecule has 26 heavy (non-hydrogen) atoms. The topological polar surface area (TPSA) is 99.0 Å². The predicted octanol–water partition coefficient (Wildman–Crippen LogP) is 2.40. The zero-order chi connectivity index (χ0) is 18.8. The lowest BCUT2D eigenvalue weighted by Crippen LogP contribution is -2.14. The summed E-state index contributed by atoms with van der Waals surface area (Å²) in [6, 6.07) is 1.79. The van der Waals surface area contributed by atoms with Crippen molar-refractivity contribution in [3.63, 3.8) is 0 Å². The Bertz CT molecular complexity index is 992. The molecule has 0 aromatic carbocycles. The van der Waals surface area contributed by atoms with Gasteiger partial charge in [-0.1, -0.05) is 0 Å². The minimum Gasteiger partial charge on any atom is -0.466 e. The van der Waals surface area contributed by atoms with Crippen LogP contribution in [0.5, 0.6) is 0 Å². The van der Waals surface area contributed by atoms with Gasteiger partial charge >= 0.3 is 5.97 Å². The summed E-state index contributed by atoms with van der Waals surface area (Å²) in [6.45, 7) is 5.74. The largest absolute Gasteiger partial charge is 0.466 e. The Hall–Kier alpha value is -2.81. The standard InChI is InChI=1S/C17H19N5O3S/c1-5-25-14(23)6-11-8-26-17(19-11)20-16(24)13-7-12-10(3)21-22(4)15(12)18-9(13)2/h7-8H,5-6H2,1-4H3,(H,19,20,24). The van der Waals surface area contributed by atoms with Crippen molar-refractivity contribution in [3.8, 4) is 0 Å². The van der Waals surface area contributed by atoms with Crippen molar-refractivity contribution >= 4 is 39.4 Å². The molecule has 3 rings (SSSR count). The third-order valence-corrected chi connectivity index (χ3v) is 4.64. The van der Waals surface area contributed by atoms with Gasteiger partial charge in [0, 0.05) is 17.8 Å². The van der Waals surface area contributed by atoms with Crippen molar-refractivity contribution in [1.29, 1.82) is 0 Å². The van der Waals surface area contributed by atoms with Gasteiger partial charge in [-0.2, -0.15) is 5.10 Å². The molecule has 0 bridgehead atoms. The second-order valence-corrected chi connectivity index (χ2v) is 6.64. The number of amides is 1. The number of pyridine rings is 1. The summed E-state index contributed by atoms with van der Waals surface area (Å²) in [4.78, 5) is 32.9. The van der Waals surface area contributed by atoms with Crippen LogP contribution in [0.25, 0.3) is 11.0 Å². The minimum atomic E-state index is -0.340. The molecule has 0 saturated carbocycles. The molecule has 0 radical (unpaired) electrons. The Labute approximate surface area is 154 Å². The van der Waals surface area contributed by atoms with E-state index in [1.54, 1.807) is 30.0 Å². The van der Waals surface area contributed by atoms with Crippen LogP contribution in [-0.2, 0) is 23.0 Å². The maximum atomic E-state index is 12.6. The fraction of sp³-hybridized carbons (Fsp3) is 0.353. The predicted molar refractivity (Wildman–Crippen MR) is 98.4 cm³/mol. The molecule has 3 heterocycles. The number of anilines is 1. The van der Waals surface area contributed by atoms with Crippen LogP contribution in [0.2, 0.25) is 0 Å². The van der Waals surface area contributed by atoms with Crippen molar-refractivity contribution in [1.82, 2.24) is 19.7 Å². The highest BCUT2D eigenvalue weighted by atomic mass is 32.1. The van der Waals surface area contributed by atoms with Gasteiger partial charge in [0.1, 0.15) is 0 Å². The number of hydrogen-bond donors (Lipinski definition) is 1. The quantitative estimate of drug-likeness (QED) is 0.690. The van der Waals surface area contributed by atoms with E-state index < -0.39 is 0 Å². The summed E-state index contributed by atoms with van der Waals surface area (Å²) in [6.07, 6.45) is 0.0850.